The summed E-state index contributed by atoms with van der Waals surface area (Å²) < 4.78 is 16.8. The van der Waals surface area contributed by atoms with E-state index >= 15 is 0 Å². The zero-order valence-corrected chi connectivity index (χ0v) is 42.8. The second-order valence-corrected chi connectivity index (χ2v) is 18.9. The molecule has 1 atom stereocenters. The summed E-state index contributed by atoms with van der Waals surface area (Å²) in [6, 6.07) is 0. The van der Waals surface area contributed by atoms with Crippen LogP contribution in [0.25, 0.3) is 0 Å². The zero-order chi connectivity index (χ0) is 46.5. The largest absolute Gasteiger partial charge is 0.462 e. The Morgan fingerprint density at radius 2 is 0.562 bits per heavy atom. The normalized spacial score (nSPS) is 12.2. The van der Waals surface area contributed by atoms with E-state index in [0.717, 1.165) is 64.2 Å². The van der Waals surface area contributed by atoms with Crippen molar-refractivity contribution in [1.29, 1.82) is 0 Å². The summed E-state index contributed by atoms with van der Waals surface area (Å²) in [5.74, 6) is -0.906. The summed E-state index contributed by atoms with van der Waals surface area (Å²) in [5, 5.41) is 0. The monoisotopic (exact) mass is 899 g/mol. The van der Waals surface area contributed by atoms with Crippen LogP contribution in [-0.2, 0) is 28.6 Å². The van der Waals surface area contributed by atoms with Gasteiger partial charge in [-0.2, -0.15) is 0 Å². The molecule has 0 aromatic carbocycles. The Morgan fingerprint density at radius 1 is 0.312 bits per heavy atom. The first-order valence-corrected chi connectivity index (χ1v) is 28.0. The Labute approximate surface area is 397 Å². The quantitative estimate of drug-likeness (QED) is 0.0262. The van der Waals surface area contributed by atoms with E-state index in [1.54, 1.807) is 0 Å². The molecule has 0 aliphatic carbocycles. The van der Waals surface area contributed by atoms with Gasteiger partial charge in [-0.25, -0.2) is 0 Å². The number of hydrogen-bond donors (Lipinski definition) is 0. The molecule has 0 fully saturated rings. The molecular formula is C58H106O6. The van der Waals surface area contributed by atoms with Crippen LogP contribution in [0.5, 0.6) is 0 Å². The number of allylic oxidation sites excluding steroid dienone is 6. The average molecular weight is 899 g/mol. The maximum atomic E-state index is 12.8. The predicted molar refractivity (Wildman–Crippen MR) is 275 cm³/mol. The number of esters is 3. The van der Waals surface area contributed by atoms with Crippen molar-refractivity contribution in [3.8, 4) is 0 Å². The SMILES string of the molecule is CCCCC/C=C\C/C=C\C/C=C\CCCCC(=O)O[C@@H](COC(=O)CCCCCCCCCCCCCC)COC(=O)CCCCCCCCCCCCCCCCCCCCC. The molecule has 0 saturated carbocycles. The molecule has 374 valence electrons. The van der Waals surface area contributed by atoms with E-state index in [1.807, 2.05) is 0 Å². The number of unbranched alkanes of at least 4 members (excludes halogenated alkanes) is 34. The fourth-order valence-corrected chi connectivity index (χ4v) is 8.16. The van der Waals surface area contributed by atoms with Crippen LogP contribution in [0.3, 0.4) is 0 Å². The number of carbonyl (C=O) groups is 3. The summed E-state index contributed by atoms with van der Waals surface area (Å²) in [7, 11) is 0. The van der Waals surface area contributed by atoms with Crippen LogP contribution < -0.4 is 0 Å². The van der Waals surface area contributed by atoms with E-state index in [1.165, 1.54) is 186 Å². The van der Waals surface area contributed by atoms with Gasteiger partial charge in [-0.3, -0.25) is 14.4 Å². The van der Waals surface area contributed by atoms with Gasteiger partial charge in [0.25, 0.3) is 0 Å². The van der Waals surface area contributed by atoms with Crippen molar-refractivity contribution >= 4 is 17.9 Å². The summed E-state index contributed by atoms with van der Waals surface area (Å²) in [5.41, 5.74) is 0. The van der Waals surface area contributed by atoms with Gasteiger partial charge in [0.15, 0.2) is 6.10 Å². The van der Waals surface area contributed by atoms with Crippen LogP contribution in [0.15, 0.2) is 36.5 Å². The van der Waals surface area contributed by atoms with Gasteiger partial charge < -0.3 is 14.2 Å². The van der Waals surface area contributed by atoms with Gasteiger partial charge in [-0.1, -0.05) is 256 Å². The van der Waals surface area contributed by atoms with Crippen molar-refractivity contribution in [2.45, 2.75) is 303 Å². The van der Waals surface area contributed by atoms with Crippen LogP contribution >= 0.6 is 0 Å². The highest BCUT2D eigenvalue weighted by Crippen LogP contribution is 2.16. The molecule has 0 aliphatic rings. The lowest BCUT2D eigenvalue weighted by molar-refractivity contribution is -0.167. The Morgan fingerprint density at radius 3 is 0.906 bits per heavy atom. The van der Waals surface area contributed by atoms with Crippen LogP contribution in [0.1, 0.15) is 297 Å². The molecule has 0 amide bonds. The zero-order valence-electron chi connectivity index (χ0n) is 42.8. The highest BCUT2D eigenvalue weighted by Gasteiger charge is 2.19. The smallest absolute Gasteiger partial charge is 0.306 e. The Balaban J connectivity index is 4.34. The minimum atomic E-state index is -0.787. The number of rotatable bonds is 51. The second kappa shape index (κ2) is 53.2. The van der Waals surface area contributed by atoms with Gasteiger partial charge >= 0.3 is 17.9 Å². The summed E-state index contributed by atoms with van der Waals surface area (Å²) in [4.78, 5) is 38.0. The maximum Gasteiger partial charge on any atom is 0.306 e. The highest BCUT2D eigenvalue weighted by atomic mass is 16.6. The van der Waals surface area contributed by atoms with Crippen LogP contribution in [0, 0.1) is 0 Å². The third-order valence-electron chi connectivity index (χ3n) is 12.4. The number of hydrogen-bond acceptors (Lipinski definition) is 6. The molecule has 0 N–H and O–H groups in total. The first-order chi connectivity index (χ1) is 31.5. The van der Waals surface area contributed by atoms with Gasteiger partial charge in [-0.05, 0) is 57.8 Å². The fraction of sp³-hybridized carbons (Fsp3) is 0.845. The Kier molecular flexibility index (Phi) is 51.3. The molecule has 0 spiro atoms. The third-order valence-corrected chi connectivity index (χ3v) is 12.4. The molecule has 0 saturated heterocycles. The van der Waals surface area contributed by atoms with Crippen molar-refractivity contribution in [3.05, 3.63) is 36.5 Å². The first kappa shape index (κ1) is 61.6. The lowest BCUT2D eigenvalue weighted by Gasteiger charge is -2.18. The van der Waals surface area contributed by atoms with Gasteiger partial charge in [0, 0.05) is 19.3 Å². The summed E-state index contributed by atoms with van der Waals surface area (Å²) in [6.45, 7) is 6.61. The topological polar surface area (TPSA) is 78.9 Å². The molecule has 0 aromatic rings. The first-order valence-electron chi connectivity index (χ1n) is 28.0. The van der Waals surface area contributed by atoms with E-state index in [9.17, 15) is 14.4 Å². The Hall–Kier alpha value is -2.37. The molecule has 0 unspecified atom stereocenters. The molecule has 6 heteroatoms. The Bertz CT molecular complexity index is 1080. The predicted octanol–water partition coefficient (Wildman–Crippen LogP) is 18.5. The van der Waals surface area contributed by atoms with Crippen molar-refractivity contribution in [2.75, 3.05) is 13.2 Å². The number of ether oxygens (including phenoxy) is 3. The van der Waals surface area contributed by atoms with Gasteiger partial charge in [0.1, 0.15) is 13.2 Å². The molecule has 0 rings (SSSR count). The van der Waals surface area contributed by atoms with Gasteiger partial charge in [0.05, 0.1) is 0 Å². The summed E-state index contributed by atoms with van der Waals surface area (Å²) in [6.07, 6.45) is 62.8. The van der Waals surface area contributed by atoms with E-state index in [2.05, 4.69) is 57.2 Å². The standard InChI is InChI=1S/C58H106O6/c1-4-7-10-13-16-19-22-25-27-28-29-30-32-33-36-39-42-45-48-51-57(60)63-54-55(53-62-56(59)50-47-44-41-38-35-24-21-18-15-12-9-6-3)64-58(61)52-49-46-43-40-37-34-31-26-23-20-17-14-11-8-5-2/h17,20,26,31,37,40,55H,4-16,18-19,21-25,27-30,32-36,38-39,41-54H2,1-3H3/b20-17-,31-26-,40-37-/t55-/m0/s1. The summed E-state index contributed by atoms with van der Waals surface area (Å²) >= 11 is 0. The number of carbonyl (C=O) groups excluding carboxylic acids is 3. The van der Waals surface area contributed by atoms with E-state index in [0.29, 0.717) is 19.3 Å². The van der Waals surface area contributed by atoms with Crippen molar-refractivity contribution in [2.24, 2.45) is 0 Å². The molecule has 64 heavy (non-hydrogen) atoms. The van der Waals surface area contributed by atoms with Gasteiger partial charge in [-0.15, -0.1) is 0 Å². The second-order valence-electron chi connectivity index (χ2n) is 18.9. The third kappa shape index (κ3) is 50.6. The lowest BCUT2D eigenvalue weighted by Crippen LogP contribution is -2.30. The lowest BCUT2D eigenvalue weighted by atomic mass is 10.0. The molecule has 0 aliphatic heterocycles. The fourth-order valence-electron chi connectivity index (χ4n) is 8.16. The molecule has 0 radical (unpaired) electrons. The molecule has 0 aromatic heterocycles. The van der Waals surface area contributed by atoms with Gasteiger partial charge in [0.2, 0.25) is 0 Å². The molecule has 0 bridgehead atoms. The molecule has 6 nitrogen and oxygen atoms in total. The highest BCUT2D eigenvalue weighted by molar-refractivity contribution is 5.71. The van der Waals surface area contributed by atoms with Crippen LogP contribution in [-0.4, -0.2) is 37.2 Å². The van der Waals surface area contributed by atoms with E-state index < -0.39 is 6.10 Å². The van der Waals surface area contributed by atoms with E-state index in [4.69, 9.17) is 14.2 Å². The van der Waals surface area contributed by atoms with Crippen molar-refractivity contribution in [3.63, 3.8) is 0 Å². The average Bonchev–Trinajstić information content (AvgIpc) is 3.29. The van der Waals surface area contributed by atoms with Crippen molar-refractivity contribution in [1.82, 2.24) is 0 Å². The molecule has 0 heterocycles. The molecular weight excluding hydrogens is 793 g/mol. The maximum absolute atomic E-state index is 12.8. The van der Waals surface area contributed by atoms with E-state index in [-0.39, 0.29) is 37.5 Å². The van der Waals surface area contributed by atoms with Crippen molar-refractivity contribution < 1.29 is 28.6 Å². The minimum absolute atomic E-state index is 0.0829. The minimum Gasteiger partial charge on any atom is -0.462 e. The van der Waals surface area contributed by atoms with Crippen LogP contribution in [0.2, 0.25) is 0 Å². The van der Waals surface area contributed by atoms with Crippen LogP contribution in [0.4, 0.5) is 0 Å².